The summed E-state index contributed by atoms with van der Waals surface area (Å²) < 4.78 is 15.8. The summed E-state index contributed by atoms with van der Waals surface area (Å²) in [4.78, 5) is 8.37. The Kier molecular flexibility index (Phi) is 2.29. The van der Waals surface area contributed by atoms with Gasteiger partial charge in [-0.3, -0.25) is 0 Å². The monoisotopic (exact) mass is 230 g/mol. The van der Waals surface area contributed by atoms with Gasteiger partial charge < -0.3 is 14.2 Å². The third kappa shape index (κ3) is 1.65. The van der Waals surface area contributed by atoms with E-state index in [1.54, 1.807) is 19.5 Å². The Bertz CT molecular complexity index is 557. The van der Waals surface area contributed by atoms with E-state index in [2.05, 4.69) is 9.97 Å². The van der Waals surface area contributed by atoms with Gasteiger partial charge in [0.15, 0.2) is 11.5 Å². The Morgan fingerprint density at radius 3 is 2.82 bits per heavy atom. The maximum atomic E-state index is 5.32. The van der Waals surface area contributed by atoms with E-state index in [1.807, 2.05) is 18.2 Å². The highest BCUT2D eigenvalue weighted by Crippen LogP contribution is 2.36. The van der Waals surface area contributed by atoms with Gasteiger partial charge in [0, 0.05) is 18.0 Å². The first kappa shape index (κ1) is 9.89. The lowest BCUT2D eigenvalue weighted by Gasteiger charge is -2.06. The van der Waals surface area contributed by atoms with Crippen molar-refractivity contribution in [3.8, 4) is 28.6 Å². The number of hydrogen-bond donors (Lipinski definition) is 0. The number of methoxy groups -OCH3 is 1. The first-order valence-electron chi connectivity index (χ1n) is 5.13. The van der Waals surface area contributed by atoms with E-state index in [1.165, 1.54) is 0 Å². The normalized spacial score (nSPS) is 12.5. The largest absolute Gasteiger partial charge is 0.479 e. The van der Waals surface area contributed by atoms with Crippen LogP contribution in [-0.4, -0.2) is 23.9 Å². The number of fused-ring (bicyclic) bond motifs is 1. The molecule has 1 aromatic heterocycles. The highest BCUT2D eigenvalue weighted by atomic mass is 16.7. The Labute approximate surface area is 98.0 Å². The van der Waals surface area contributed by atoms with Gasteiger partial charge in [0.2, 0.25) is 12.7 Å². The predicted octanol–water partition coefficient (Wildman–Crippen LogP) is 1.88. The van der Waals surface area contributed by atoms with Gasteiger partial charge in [-0.2, -0.15) is 0 Å². The highest BCUT2D eigenvalue weighted by molar-refractivity contribution is 5.67. The van der Waals surface area contributed by atoms with Crippen molar-refractivity contribution in [3.05, 3.63) is 30.6 Å². The summed E-state index contributed by atoms with van der Waals surface area (Å²) in [6.45, 7) is 0.260. The second kappa shape index (κ2) is 3.93. The molecule has 3 rings (SSSR count). The van der Waals surface area contributed by atoms with Gasteiger partial charge in [-0.1, -0.05) is 0 Å². The molecule has 0 radical (unpaired) electrons. The molecule has 0 aliphatic carbocycles. The third-order valence-corrected chi connectivity index (χ3v) is 2.50. The van der Waals surface area contributed by atoms with Gasteiger partial charge in [-0.05, 0) is 18.2 Å². The minimum Gasteiger partial charge on any atom is -0.479 e. The molecule has 0 N–H and O–H groups in total. The lowest BCUT2D eigenvalue weighted by molar-refractivity contribution is 0.174. The zero-order valence-electron chi connectivity index (χ0n) is 9.21. The summed E-state index contributed by atoms with van der Waals surface area (Å²) in [5, 5.41) is 0. The topological polar surface area (TPSA) is 53.5 Å². The van der Waals surface area contributed by atoms with Crippen molar-refractivity contribution < 1.29 is 14.2 Å². The average Bonchev–Trinajstić information content (AvgIpc) is 2.85. The second-order valence-electron chi connectivity index (χ2n) is 3.48. The van der Waals surface area contributed by atoms with Crippen molar-refractivity contribution >= 4 is 0 Å². The number of aromatic nitrogens is 2. The fourth-order valence-corrected chi connectivity index (χ4v) is 1.72. The Morgan fingerprint density at radius 2 is 1.94 bits per heavy atom. The van der Waals surface area contributed by atoms with E-state index >= 15 is 0 Å². The fraction of sp³-hybridized carbons (Fsp3) is 0.167. The summed E-state index contributed by atoms with van der Waals surface area (Å²) >= 11 is 0. The van der Waals surface area contributed by atoms with Gasteiger partial charge in [0.1, 0.15) is 5.69 Å². The molecular weight excluding hydrogens is 220 g/mol. The molecule has 0 atom stereocenters. The van der Waals surface area contributed by atoms with Crippen LogP contribution < -0.4 is 14.2 Å². The summed E-state index contributed by atoms with van der Waals surface area (Å²) in [6.07, 6.45) is 3.22. The van der Waals surface area contributed by atoms with Crippen LogP contribution in [0.3, 0.4) is 0 Å². The molecule has 0 bridgehead atoms. The van der Waals surface area contributed by atoms with E-state index < -0.39 is 0 Å². The van der Waals surface area contributed by atoms with Crippen LogP contribution in [0.25, 0.3) is 11.3 Å². The smallest absolute Gasteiger partial charge is 0.240 e. The third-order valence-electron chi connectivity index (χ3n) is 2.50. The Hall–Kier alpha value is -2.30. The molecule has 86 valence electrons. The summed E-state index contributed by atoms with van der Waals surface area (Å²) in [5.41, 5.74) is 1.58. The van der Waals surface area contributed by atoms with Gasteiger partial charge in [-0.25, -0.2) is 9.97 Å². The minimum absolute atomic E-state index is 0.260. The molecule has 5 nitrogen and oxygen atoms in total. The molecule has 0 saturated carbocycles. The van der Waals surface area contributed by atoms with Crippen molar-refractivity contribution in [2.24, 2.45) is 0 Å². The lowest BCUT2D eigenvalue weighted by atomic mass is 10.1. The number of nitrogens with zero attached hydrogens (tertiary/aromatic N) is 2. The molecule has 1 aliphatic rings. The standard InChI is InChI=1S/C12H10N2O3/c1-15-12-11(13-4-5-14-12)8-2-3-9-10(6-8)17-7-16-9/h2-6H,7H2,1H3. The Balaban J connectivity index is 2.09. The van der Waals surface area contributed by atoms with Crippen LogP contribution in [0.2, 0.25) is 0 Å². The van der Waals surface area contributed by atoms with Crippen molar-refractivity contribution in [2.75, 3.05) is 13.9 Å². The molecule has 17 heavy (non-hydrogen) atoms. The summed E-state index contributed by atoms with van der Waals surface area (Å²) in [5.74, 6) is 1.96. The van der Waals surface area contributed by atoms with Crippen LogP contribution in [0.5, 0.6) is 17.4 Å². The van der Waals surface area contributed by atoms with E-state index in [9.17, 15) is 0 Å². The highest BCUT2D eigenvalue weighted by Gasteiger charge is 2.16. The fourth-order valence-electron chi connectivity index (χ4n) is 1.72. The van der Waals surface area contributed by atoms with E-state index in [4.69, 9.17) is 14.2 Å². The molecule has 1 aliphatic heterocycles. The quantitative estimate of drug-likeness (QED) is 0.788. The molecule has 5 heteroatoms. The second-order valence-corrected chi connectivity index (χ2v) is 3.48. The lowest BCUT2D eigenvalue weighted by Crippen LogP contribution is -1.94. The molecule has 0 amide bonds. The molecule has 0 spiro atoms. The number of benzene rings is 1. The van der Waals surface area contributed by atoms with Gasteiger partial charge in [0.05, 0.1) is 7.11 Å². The number of hydrogen-bond acceptors (Lipinski definition) is 5. The van der Waals surface area contributed by atoms with Crippen LogP contribution in [0.1, 0.15) is 0 Å². The van der Waals surface area contributed by atoms with Gasteiger partial charge in [0.25, 0.3) is 0 Å². The molecular formula is C12H10N2O3. The average molecular weight is 230 g/mol. The SMILES string of the molecule is COc1nccnc1-c1ccc2c(c1)OCO2. The first-order valence-corrected chi connectivity index (χ1v) is 5.13. The first-order chi connectivity index (χ1) is 8.38. The van der Waals surface area contributed by atoms with Gasteiger partial charge >= 0.3 is 0 Å². The van der Waals surface area contributed by atoms with Crippen LogP contribution >= 0.6 is 0 Å². The number of rotatable bonds is 2. The predicted molar refractivity (Wildman–Crippen MR) is 60.1 cm³/mol. The van der Waals surface area contributed by atoms with Crippen molar-refractivity contribution in [2.45, 2.75) is 0 Å². The van der Waals surface area contributed by atoms with Crippen LogP contribution in [-0.2, 0) is 0 Å². The molecule has 2 aromatic rings. The molecule has 0 saturated heterocycles. The van der Waals surface area contributed by atoms with Crippen molar-refractivity contribution in [3.63, 3.8) is 0 Å². The zero-order chi connectivity index (χ0) is 11.7. The van der Waals surface area contributed by atoms with E-state index in [-0.39, 0.29) is 6.79 Å². The van der Waals surface area contributed by atoms with Crippen LogP contribution in [0, 0.1) is 0 Å². The van der Waals surface area contributed by atoms with E-state index in [0.717, 1.165) is 17.1 Å². The van der Waals surface area contributed by atoms with Crippen LogP contribution in [0.4, 0.5) is 0 Å². The van der Waals surface area contributed by atoms with Crippen LogP contribution in [0.15, 0.2) is 30.6 Å². The summed E-state index contributed by atoms with van der Waals surface area (Å²) in [7, 11) is 1.57. The van der Waals surface area contributed by atoms with Gasteiger partial charge in [-0.15, -0.1) is 0 Å². The summed E-state index contributed by atoms with van der Waals surface area (Å²) in [6, 6.07) is 5.63. The molecule has 2 heterocycles. The number of ether oxygens (including phenoxy) is 3. The molecule has 0 unspecified atom stereocenters. The van der Waals surface area contributed by atoms with E-state index in [0.29, 0.717) is 11.6 Å². The minimum atomic E-state index is 0.260. The maximum absolute atomic E-state index is 5.32. The van der Waals surface area contributed by atoms with Crippen molar-refractivity contribution in [1.82, 2.24) is 9.97 Å². The Morgan fingerprint density at radius 1 is 1.12 bits per heavy atom. The van der Waals surface area contributed by atoms with Crippen molar-refractivity contribution in [1.29, 1.82) is 0 Å². The molecule has 0 fully saturated rings. The maximum Gasteiger partial charge on any atom is 0.240 e. The molecule has 1 aromatic carbocycles. The zero-order valence-corrected chi connectivity index (χ0v) is 9.21.